The average molecular weight is 476 g/mol. The first-order valence-corrected chi connectivity index (χ1v) is 10.7. The summed E-state index contributed by atoms with van der Waals surface area (Å²) in [6, 6.07) is 10.9. The molecule has 2 amide bonds. The Morgan fingerprint density at radius 1 is 1.03 bits per heavy atom. The molecule has 1 aliphatic rings. The third-order valence-corrected chi connectivity index (χ3v) is 5.82. The van der Waals surface area contributed by atoms with E-state index in [0.717, 1.165) is 0 Å². The first kappa shape index (κ1) is 22.2. The van der Waals surface area contributed by atoms with Crippen LogP contribution in [0, 0.1) is 5.82 Å². The van der Waals surface area contributed by atoms with E-state index in [2.05, 4.69) is 10.1 Å². The molecule has 0 saturated carbocycles. The quantitative estimate of drug-likeness (QED) is 0.571. The van der Waals surface area contributed by atoms with Crippen molar-refractivity contribution in [1.82, 2.24) is 24.6 Å². The molecule has 166 valence electrons. The second-order valence-electron chi connectivity index (χ2n) is 8.11. The van der Waals surface area contributed by atoms with E-state index in [1.54, 1.807) is 29.2 Å². The van der Waals surface area contributed by atoms with Crippen molar-refractivity contribution in [2.45, 2.75) is 19.4 Å². The molecule has 2 aromatic carbocycles. The van der Waals surface area contributed by atoms with Crippen LogP contribution in [0.25, 0.3) is 5.69 Å². The molecule has 4 rings (SSSR count). The molecule has 0 spiro atoms. The van der Waals surface area contributed by atoms with Crippen molar-refractivity contribution in [3.8, 4) is 5.69 Å². The lowest BCUT2D eigenvalue weighted by Gasteiger charge is -2.46. The van der Waals surface area contributed by atoms with E-state index in [9.17, 15) is 14.0 Å². The van der Waals surface area contributed by atoms with Crippen LogP contribution in [0.3, 0.4) is 0 Å². The Balaban J connectivity index is 1.51. The highest BCUT2D eigenvalue weighted by atomic mass is 35.5. The number of hydrogen-bond donors (Lipinski definition) is 0. The Morgan fingerprint density at radius 2 is 1.78 bits per heavy atom. The number of piperazine rings is 1. The Hall–Kier alpha value is -2.97. The van der Waals surface area contributed by atoms with Crippen LogP contribution in [-0.2, 0) is 0 Å². The summed E-state index contributed by atoms with van der Waals surface area (Å²) in [5.74, 6) is -1.41. The second-order valence-corrected chi connectivity index (χ2v) is 8.99. The van der Waals surface area contributed by atoms with Gasteiger partial charge in [0.2, 0.25) is 5.82 Å². The summed E-state index contributed by atoms with van der Waals surface area (Å²) in [6.45, 7) is 4.40. The number of benzene rings is 2. The van der Waals surface area contributed by atoms with Crippen molar-refractivity contribution in [3.63, 3.8) is 0 Å². The Morgan fingerprint density at radius 3 is 2.50 bits per heavy atom. The van der Waals surface area contributed by atoms with Gasteiger partial charge in [-0.3, -0.25) is 9.59 Å². The molecule has 2 heterocycles. The fraction of sp³-hybridized carbons (Fsp3) is 0.273. The molecule has 10 heteroatoms. The van der Waals surface area contributed by atoms with Crippen molar-refractivity contribution in [2.24, 2.45) is 0 Å². The zero-order valence-corrected chi connectivity index (χ0v) is 18.9. The highest BCUT2D eigenvalue weighted by Gasteiger charge is 2.40. The summed E-state index contributed by atoms with van der Waals surface area (Å²) in [5, 5.41) is 5.12. The molecule has 0 bridgehead atoms. The molecule has 0 radical (unpaired) electrons. The Labute approximate surface area is 194 Å². The third kappa shape index (κ3) is 4.33. The lowest BCUT2D eigenvalue weighted by atomic mass is 9.97. The zero-order valence-electron chi connectivity index (χ0n) is 17.4. The molecule has 0 N–H and O–H groups in total. The van der Waals surface area contributed by atoms with Gasteiger partial charge < -0.3 is 9.80 Å². The first-order valence-electron chi connectivity index (χ1n) is 9.89. The number of carbonyl (C=O) groups excluding carboxylic acids is 2. The lowest BCUT2D eigenvalue weighted by molar-refractivity contribution is 0.0159. The van der Waals surface area contributed by atoms with E-state index in [4.69, 9.17) is 23.2 Å². The molecule has 3 aromatic rings. The van der Waals surface area contributed by atoms with Gasteiger partial charge >= 0.3 is 0 Å². The maximum Gasteiger partial charge on any atom is 0.294 e. The predicted octanol–water partition coefficient (Wildman–Crippen LogP) is 4.09. The van der Waals surface area contributed by atoms with Gasteiger partial charge in [0, 0.05) is 29.7 Å². The van der Waals surface area contributed by atoms with E-state index < -0.39 is 17.3 Å². The van der Waals surface area contributed by atoms with Crippen LogP contribution >= 0.6 is 23.2 Å². The molecule has 0 atom stereocenters. The van der Waals surface area contributed by atoms with Crippen molar-refractivity contribution < 1.29 is 14.0 Å². The number of amides is 2. The van der Waals surface area contributed by atoms with Gasteiger partial charge in [-0.2, -0.15) is 0 Å². The minimum Gasteiger partial charge on any atom is -0.334 e. The summed E-state index contributed by atoms with van der Waals surface area (Å²) in [6.07, 6.45) is 1.45. The predicted molar refractivity (Wildman–Crippen MR) is 119 cm³/mol. The molecule has 1 aliphatic heterocycles. The number of hydrogen-bond acceptors (Lipinski definition) is 4. The smallest absolute Gasteiger partial charge is 0.294 e. The van der Waals surface area contributed by atoms with Gasteiger partial charge in [0.15, 0.2) is 0 Å². The summed E-state index contributed by atoms with van der Waals surface area (Å²) in [7, 11) is 0. The molecule has 1 aromatic heterocycles. The van der Waals surface area contributed by atoms with Crippen LogP contribution < -0.4 is 0 Å². The maximum absolute atomic E-state index is 14.2. The van der Waals surface area contributed by atoms with E-state index >= 15 is 0 Å². The zero-order chi connectivity index (χ0) is 23.0. The summed E-state index contributed by atoms with van der Waals surface area (Å²) >= 11 is 12.0. The molecular weight excluding hydrogens is 456 g/mol. The molecule has 1 saturated heterocycles. The number of aromatic nitrogens is 3. The Kier molecular flexibility index (Phi) is 5.92. The molecule has 7 nitrogen and oxygen atoms in total. The minimum absolute atomic E-state index is 0.0405. The van der Waals surface area contributed by atoms with Crippen LogP contribution in [-0.4, -0.2) is 61.6 Å². The van der Waals surface area contributed by atoms with Gasteiger partial charge in [-0.05, 0) is 50.2 Å². The standard InChI is InChI=1S/C22H20Cl2FN5O2/c1-22(2)12-28(20(31)17-11-15(24)6-7-18(17)25)8-9-29(22)21(32)19-26-13-30(27-19)16-5-3-4-14(23)10-16/h3-7,10-11,13H,8-9,12H2,1-2H3. The van der Waals surface area contributed by atoms with Gasteiger partial charge in [0.25, 0.3) is 11.8 Å². The number of carbonyl (C=O) groups is 2. The van der Waals surface area contributed by atoms with E-state index in [1.165, 1.54) is 34.1 Å². The normalized spacial score (nSPS) is 15.7. The fourth-order valence-electron chi connectivity index (χ4n) is 3.76. The number of rotatable bonds is 3. The summed E-state index contributed by atoms with van der Waals surface area (Å²) in [4.78, 5) is 33.3. The second kappa shape index (κ2) is 8.52. The monoisotopic (exact) mass is 475 g/mol. The van der Waals surface area contributed by atoms with Crippen LogP contribution in [0.5, 0.6) is 0 Å². The van der Waals surface area contributed by atoms with Crippen LogP contribution in [0.1, 0.15) is 34.8 Å². The van der Waals surface area contributed by atoms with Gasteiger partial charge in [-0.15, -0.1) is 5.10 Å². The van der Waals surface area contributed by atoms with Crippen molar-refractivity contribution in [2.75, 3.05) is 19.6 Å². The van der Waals surface area contributed by atoms with Gasteiger partial charge in [-0.1, -0.05) is 29.3 Å². The van der Waals surface area contributed by atoms with Gasteiger partial charge in [0.05, 0.1) is 16.8 Å². The van der Waals surface area contributed by atoms with E-state index in [-0.39, 0.29) is 42.0 Å². The topological polar surface area (TPSA) is 71.3 Å². The van der Waals surface area contributed by atoms with Gasteiger partial charge in [0.1, 0.15) is 12.1 Å². The highest BCUT2D eigenvalue weighted by Crippen LogP contribution is 2.25. The molecule has 32 heavy (non-hydrogen) atoms. The largest absolute Gasteiger partial charge is 0.334 e. The number of nitrogens with zero attached hydrogens (tertiary/aromatic N) is 5. The van der Waals surface area contributed by atoms with E-state index in [0.29, 0.717) is 10.7 Å². The van der Waals surface area contributed by atoms with Crippen molar-refractivity contribution in [1.29, 1.82) is 0 Å². The third-order valence-electron chi connectivity index (χ3n) is 5.35. The highest BCUT2D eigenvalue weighted by molar-refractivity contribution is 6.31. The van der Waals surface area contributed by atoms with E-state index in [1.807, 2.05) is 13.8 Å². The van der Waals surface area contributed by atoms with Crippen LogP contribution in [0.2, 0.25) is 10.0 Å². The molecule has 0 aliphatic carbocycles. The summed E-state index contributed by atoms with van der Waals surface area (Å²) in [5.41, 5.74) is -0.126. The minimum atomic E-state index is -0.721. The van der Waals surface area contributed by atoms with Crippen LogP contribution in [0.15, 0.2) is 48.8 Å². The molecular formula is C22H20Cl2FN5O2. The fourth-order valence-corrected chi connectivity index (χ4v) is 4.12. The van der Waals surface area contributed by atoms with Crippen LogP contribution in [0.4, 0.5) is 4.39 Å². The molecule has 1 fully saturated rings. The lowest BCUT2D eigenvalue weighted by Crippen LogP contribution is -2.62. The first-order chi connectivity index (χ1) is 15.2. The van der Waals surface area contributed by atoms with Gasteiger partial charge in [-0.25, -0.2) is 14.1 Å². The average Bonchev–Trinajstić information content (AvgIpc) is 3.24. The Bertz CT molecular complexity index is 1200. The number of halogens is 3. The SMILES string of the molecule is CC1(C)CN(C(=O)c2cc(Cl)ccc2F)CCN1C(=O)c1ncn(-c2cccc(Cl)c2)n1. The van der Waals surface area contributed by atoms with Crippen molar-refractivity contribution >= 4 is 35.0 Å². The maximum atomic E-state index is 14.2. The molecule has 0 unspecified atom stereocenters. The van der Waals surface area contributed by atoms with Crippen molar-refractivity contribution in [3.05, 3.63) is 76.0 Å². The summed E-state index contributed by atoms with van der Waals surface area (Å²) < 4.78 is 15.6.